The maximum atomic E-state index is 12.0. The molecule has 0 aliphatic rings. The first-order valence-electron chi connectivity index (χ1n) is 5.68. The molecule has 0 unspecified atom stereocenters. The molecule has 0 amide bonds. The van der Waals surface area contributed by atoms with Gasteiger partial charge in [0.05, 0.1) is 5.02 Å². The number of sulfonamides is 1. The van der Waals surface area contributed by atoms with Gasteiger partial charge in [0.2, 0.25) is 10.0 Å². The molecule has 0 fully saturated rings. The zero-order valence-electron chi connectivity index (χ0n) is 10.4. The molecule has 0 bridgehead atoms. The molecule has 0 saturated carbocycles. The minimum Gasteiger partial charge on any atom is -0.295 e. The lowest BCUT2D eigenvalue weighted by Crippen LogP contribution is -2.25. The van der Waals surface area contributed by atoms with Crippen molar-refractivity contribution in [1.29, 1.82) is 0 Å². The van der Waals surface area contributed by atoms with Crippen LogP contribution in [0.15, 0.2) is 23.1 Å². The van der Waals surface area contributed by atoms with E-state index in [1.54, 1.807) is 0 Å². The predicted octanol–water partition coefficient (Wildman–Crippen LogP) is 2.62. The van der Waals surface area contributed by atoms with E-state index in [4.69, 9.17) is 11.6 Å². The minimum absolute atomic E-state index is 0.0482. The van der Waals surface area contributed by atoms with Gasteiger partial charge < -0.3 is 0 Å². The third-order valence-corrected chi connectivity index (χ3v) is 4.39. The molecule has 1 aromatic carbocycles. The van der Waals surface area contributed by atoms with Crippen LogP contribution < -0.4 is 4.72 Å². The van der Waals surface area contributed by atoms with Crippen molar-refractivity contribution in [3.8, 4) is 0 Å². The van der Waals surface area contributed by atoms with Crippen LogP contribution in [0.4, 0.5) is 0 Å². The molecule has 100 valence electrons. The van der Waals surface area contributed by atoms with Crippen LogP contribution in [0.3, 0.4) is 0 Å². The molecule has 18 heavy (non-hydrogen) atoms. The average molecular weight is 290 g/mol. The summed E-state index contributed by atoms with van der Waals surface area (Å²) in [6, 6.07) is 4.24. The Morgan fingerprint density at radius 3 is 2.61 bits per heavy atom. The Hall–Kier alpha value is -0.910. The van der Waals surface area contributed by atoms with Crippen LogP contribution in [0, 0.1) is 0 Å². The van der Waals surface area contributed by atoms with E-state index in [0.717, 1.165) is 12.8 Å². The van der Waals surface area contributed by atoms with E-state index in [1.165, 1.54) is 25.1 Å². The summed E-state index contributed by atoms with van der Waals surface area (Å²) in [5, 5.41) is 0.115. The molecular formula is C12H16ClNO3S. The molecule has 6 heteroatoms. The number of benzene rings is 1. The van der Waals surface area contributed by atoms with Gasteiger partial charge in [-0.3, -0.25) is 4.79 Å². The Balaban J connectivity index is 3.07. The third kappa shape index (κ3) is 3.80. The lowest BCUT2D eigenvalue weighted by Gasteiger charge is -2.09. The SMILES string of the molecule is CCCCNS(=O)(=O)c1cc(C(C)=O)ccc1Cl. The average Bonchev–Trinajstić information content (AvgIpc) is 2.29. The van der Waals surface area contributed by atoms with Gasteiger partial charge in [0.1, 0.15) is 4.90 Å². The maximum absolute atomic E-state index is 12.0. The Labute approximate surface area is 112 Å². The second-order valence-electron chi connectivity index (χ2n) is 3.95. The molecule has 0 saturated heterocycles. The molecule has 1 rings (SSSR count). The normalized spacial score (nSPS) is 11.5. The summed E-state index contributed by atoms with van der Waals surface area (Å²) >= 11 is 5.87. The van der Waals surface area contributed by atoms with Crippen molar-refractivity contribution in [1.82, 2.24) is 4.72 Å². The van der Waals surface area contributed by atoms with Gasteiger partial charge in [0.25, 0.3) is 0 Å². The molecule has 1 N–H and O–H groups in total. The van der Waals surface area contributed by atoms with E-state index in [9.17, 15) is 13.2 Å². The summed E-state index contributed by atoms with van der Waals surface area (Å²) in [5.74, 6) is -0.198. The number of nitrogens with one attached hydrogen (secondary N) is 1. The van der Waals surface area contributed by atoms with E-state index in [0.29, 0.717) is 12.1 Å². The van der Waals surface area contributed by atoms with Crippen LogP contribution in [0.25, 0.3) is 0 Å². The zero-order valence-corrected chi connectivity index (χ0v) is 11.9. The monoisotopic (exact) mass is 289 g/mol. The summed E-state index contributed by atoms with van der Waals surface area (Å²) in [4.78, 5) is 11.2. The number of ketones is 1. The highest BCUT2D eigenvalue weighted by Gasteiger charge is 2.18. The third-order valence-electron chi connectivity index (χ3n) is 2.45. The van der Waals surface area contributed by atoms with Gasteiger partial charge in [-0.05, 0) is 31.5 Å². The van der Waals surface area contributed by atoms with Gasteiger partial charge in [-0.15, -0.1) is 0 Å². The summed E-state index contributed by atoms with van der Waals surface area (Å²) in [5.41, 5.74) is 0.329. The summed E-state index contributed by atoms with van der Waals surface area (Å²) in [6.45, 7) is 3.71. The number of hydrogen-bond donors (Lipinski definition) is 1. The number of rotatable bonds is 6. The second-order valence-corrected chi connectivity index (χ2v) is 6.10. The Kier molecular flexibility index (Phi) is 5.31. The zero-order chi connectivity index (χ0) is 13.8. The van der Waals surface area contributed by atoms with Gasteiger partial charge in [0.15, 0.2) is 5.78 Å². The van der Waals surface area contributed by atoms with Crippen molar-refractivity contribution in [3.05, 3.63) is 28.8 Å². The van der Waals surface area contributed by atoms with Crippen LogP contribution in [-0.2, 0) is 10.0 Å². The van der Waals surface area contributed by atoms with Crippen molar-refractivity contribution in [3.63, 3.8) is 0 Å². The highest BCUT2D eigenvalue weighted by Crippen LogP contribution is 2.22. The fraction of sp³-hybridized carbons (Fsp3) is 0.417. The standard InChI is InChI=1S/C12H16ClNO3S/c1-3-4-7-14-18(16,17)12-8-10(9(2)15)5-6-11(12)13/h5-6,8,14H,3-4,7H2,1-2H3. The van der Waals surface area contributed by atoms with Crippen molar-refractivity contribution in [2.45, 2.75) is 31.6 Å². The molecule has 0 radical (unpaired) electrons. The number of unbranched alkanes of at least 4 members (excludes halogenated alkanes) is 1. The highest BCUT2D eigenvalue weighted by molar-refractivity contribution is 7.89. The van der Waals surface area contributed by atoms with Crippen molar-refractivity contribution >= 4 is 27.4 Å². The molecule has 0 heterocycles. The van der Waals surface area contributed by atoms with Crippen LogP contribution in [0.5, 0.6) is 0 Å². The van der Waals surface area contributed by atoms with Crippen molar-refractivity contribution < 1.29 is 13.2 Å². The lowest BCUT2D eigenvalue weighted by atomic mass is 10.1. The highest BCUT2D eigenvalue weighted by atomic mass is 35.5. The first kappa shape index (κ1) is 15.1. The molecule has 0 aliphatic carbocycles. The van der Waals surface area contributed by atoms with E-state index >= 15 is 0 Å². The quantitative estimate of drug-likeness (QED) is 0.647. The van der Waals surface area contributed by atoms with Gasteiger partial charge in [-0.25, -0.2) is 13.1 Å². The largest absolute Gasteiger partial charge is 0.295 e. The number of hydrogen-bond acceptors (Lipinski definition) is 3. The number of carbonyl (C=O) groups excluding carboxylic acids is 1. The minimum atomic E-state index is -3.65. The van der Waals surface area contributed by atoms with Gasteiger partial charge in [-0.1, -0.05) is 24.9 Å². The van der Waals surface area contributed by atoms with Gasteiger partial charge >= 0.3 is 0 Å². The smallest absolute Gasteiger partial charge is 0.242 e. The predicted molar refractivity (Wildman–Crippen MR) is 71.6 cm³/mol. The van der Waals surface area contributed by atoms with Crippen molar-refractivity contribution in [2.75, 3.05) is 6.54 Å². The number of Topliss-reactive ketones (excluding diaryl/α,β-unsaturated/α-hetero) is 1. The van der Waals surface area contributed by atoms with E-state index in [2.05, 4.69) is 4.72 Å². The van der Waals surface area contributed by atoms with Crippen LogP contribution in [0.1, 0.15) is 37.0 Å². The van der Waals surface area contributed by atoms with E-state index in [1.807, 2.05) is 6.92 Å². The van der Waals surface area contributed by atoms with Crippen molar-refractivity contribution in [2.24, 2.45) is 0 Å². The molecule has 0 aromatic heterocycles. The van der Waals surface area contributed by atoms with Gasteiger partial charge in [0, 0.05) is 12.1 Å². The first-order chi connectivity index (χ1) is 8.38. The Morgan fingerprint density at radius 1 is 1.39 bits per heavy atom. The molecule has 0 spiro atoms. The molecule has 4 nitrogen and oxygen atoms in total. The molecular weight excluding hydrogens is 274 g/mol. The lowest BCUT2D eigenvalue weighted by molar-refractivity contribution is 0.101. The maximum Gasteiger partial charge on any atom is 0.242 e. The number of halogens is 1. The molecule has 0 atom stereocenters. The number of carbonyl (C=O) groups is 1. The summed E-state index contributed by atoms with van der Waals surface area (Å²) in [6.07, 6.45) is 1.65. The second kappa shape index (κ2) is 6.31. The Bertz CT molecular complexity index is 540. The molecule has 1 aromatic rings. The fourth-order valence-electron chi connectivity index (χ4n) is 1.39. The van der Waals surface area contributed by atoms with E-state index < -0.39 is 10.0 Å². The Morgan fingerprint density at radius 2 is 2.06 bits per heavy atom. The van der Waals surface area contributed by atoms with Crippen LogP contribution >= 0.6 is 11.6 Å². The van der Waals surface area contributed by atoms with E-state index in [-0.39, 0.29) is 15.7 Å². The summed E-state index contributed by atoms with van der Waals surface area (Å²) in [7, 11) is -3.65. The van der Waals surface area contributed by atoms with Gasteiger partial charge in [-0.2, -0.15) is 0 Å². The first-order valence-corrected chi connectivity index (χ1v) is 7.54. The van der Waals surface area contributed by atoms with Crippen LogP contribution in [0.2, 0.25) is 5.02 Å². The summed E-state index contributed by atoms with van der Waals surface area (Å²) < 4.78 is 26.5. The topological polar surface area (TPSA) is 63.2 Å². The molecule has 0 aliphatic heterocycles. The van der Waals surface area contributed by atoms with Crippen LogP contribution in [-0.4, -0.2) is 20.7 Å². The fourth-order valence-corrected chi connectivity index (χ4v) is 2.99.